The number of piperidine rings is 2. The molecular weight excluding hydrogens is 350 g/mol. The first kappa shape index (κ1) is 19.5. The first-order chi connectivity index (χ1) is 12.7. The Morgan fingerprint density at radius 2 is 2.12 bits per heavy atom. The molecule has 2 aliphatic rings. The van der Waals surface area contributed by atoms with Gasteiger partial charge in [0.2, 0.25) is 0 Å². The van der Waals surface area contributed by atoms with Gasteiger partial charge in [-0.1, -0.05) is 18.0 Å². The van der Waals surface area contributed by atoms with Gasteiger partial charge in [-0.25, -0.2) is 0 Å². The van der Waals surface area contributed by atoms with Gasteiger partial charge in [-0.15, -0.1) is 0 Å². The van der Waals surface area contributed by atoms with E-state index in [1.165, 1.54) is 19.3 Å². The van der Waals surface area contributed by atoms with Gasteiger partial charge >= 0.3 is 0 Å². The highest BCUT2D eigenvalue weighted by molar-refractivity contribution is 6.31. The van der Waals surface area contributed by atoms with Crippen molar-refractivity contribution in [3.05, 3.63) is 28.8 Å². The molecule has 1 aromatic carbocycles. The zero-order valence-corrected chi connectivity index (χ0v) is 16.4. The molecule has 144 valence electrons. The third-order valence-corrected chi connectivity index (χ3v) is 5.71. The van der Waals surface area contributed by atoms with Gasteiger partial charge in [0.1, 0.15) is 5.75 Å². The third-order valence-electron chi connectivity index (χ3n) is 5.47. The van der Waals surface area contributed by atoms with E-state index in [0.717, 1.165) is 52.1 Å². The van der Waals surface area contributed by atoms with Crippen LogP contribution in [0.2, 0.25) is 5.02 Å². The number of carbonyl (C=O) groups excluding carboxylic acids is 1. The second-order valence-corrected chi connectivity index (χ2v) is 7.68. The molecule has 1 atom stereocenters. The van der Waals surface area contributed by atoms with Crippen LogP contribution >= 0.6 is 11.6 Å². The zero-order valence-electron chi connectivity index (χ0n) is 15.7. The fourth-order valence-corrected chi connectivity index (χ4v) is 4.16. The summed E-state index contributed by atoms with van der Waals surface area (Å²) in [6.45, 7) is 5.86. The summed E-state index contributed by atoms with van der Waals surface area (Å²) >= 11 is 6.16. The van der Waals surface area contributed by atoms with Crippen LogP contribution in [0.15, 0.2) is 18.2 Å². The van der Waals surface area contributed by atoms with Gasteiger partial charge in [0.25, 0.3) is 5.91 Å². The molecule has 1 aromatic rings. The number of hydrogen-bond donors (Lipinski definition) is 1. The Kier molecular flexibility index (Phi) is 7.17. The summed E-state index contributed by atoms with van der Waals surface area (Å²) in [6, 6.07) is 5.49. The van der Waals surface area contributed by atoms with E-state index in [2.05, 4.69) is 10.2 Å². The number of hydrogen-bond acceptors (Lipinski definition) is 4. The molecule has 6 heteroatoms. The van der Waals surface area contributed by atoms with Gasteiger partial charge in [-0.05, 0) is 63.5 Å². The fraction of sp³-hybridized carbons (Fsp3) is 0.650. The van der Waals surface area contributed by atoms with E-state index in [4.69, 9.17) is 16.3 Å². The summed E-state index contributed by atoms with van der Waals surface area (Å²) in [7, 11) is 1.60. The number of benzene rings is 1. The van der Waals surface area contributed by atoms with E-state index in [1.54, 1.807) is 25.3 Å². The van der Waals surface area contributed by atoms with Crippen LogP contribution in [0.1, 0.15) is 42.5 Å². The topological polar surface area (TPSA) is 44.8 Å². The number of amides is 1. The minimum absolute atomic E-state index is 0.0232. The van der Waals surface area contributed by atoms with Crippen LogP contribution in [-0.4, -0.2) is 68.1 Å². The molecule has 2 heterocycles. The maximum absolute atomic E-state index is 13.4. The number of nitrogens with zero attached hydrogens (tertiary/aromatic N) is 2. The minimum Gasteiger partial charge on any atom is -0.496 e. The van der Waals surface area contributed by atoms with Crippen molar-refractivity contribution in [2.24, 2.45) is 0 Å². The van der Waals surface area contributed by atoms with E-state index in [0.29, 0.717) is 16.3 Å². The molecule has 2 saturated heterocycles. The van der Waals surface area contributed by atoms with Gasteiger partial charge in [0.15, 0.2) is 0 Å². The Bertz CT molecular complexity index is 599. The molecule has 5 nitrogen and oxygen atoms in total. The molecule has 0 saturated carbocycles. The van der Waals surface area contributed by atoms with Crippen molar-refractivity contribution in [3.8, 4) is 5.75 Å². The average Bonchev–Trinajstić information content (AvgIpc) is 2.69. The van der Waals surface area contributed by atoms with E-state index in [9.17, 15) is 4.79 Å². The maximum atomic E-state index is 13.4. The molecule has 1 N–H and O–H groups in total. The van der Waals surface area contributed by atoms with Crippen molar-refractivity contribution < 1.29 is 9.53 Å². The Balaban J connectivity index is 1.77. The van der Waals surface area contributed by atoms with Crippen LogP contribution in [0.4, 0.5) is 0 Å². The standard InChI is InChI=1S/C20H30ClN3O2/c1-26-19-8-7-16(21)14-18(19)20(25)24(17-6-5-9-22-15-17)13-12-23-10-3-2-4-11-23/h7-8,14,17,22H,2-6,9-13,15H2,1H3. The lowest BCUT2D eigenvalue weighted by atomic mass is 10.0. The maximum Gasteiger partial charge on any atom is 0.258 e. The van der Waals surface area contributed by atoms with Gasteiger partial charge in [-0.2, -0.15) is 0 Å². The molecule has 0 aliphatic carbocycles. The molecule has 0 aromatic heterocycles. The molecular formula is C20H30ClN3O2. The van der Waals surface area contributed by atoms with Crippen LogP contribution in [-0.2, 0) is 0 Å². The zero-order chi connectivity index (χ0) is 18.4. The lowest BCUT2D eigenvalue weighted by molar-refractivity contribution is 0.0609. The highest BCUT2D eigenvalue weighted by Crippen LogP contribution is 2.26. The first-order valence-corrected chi connectivity index (χ1v) is 10.1. The molecule has 1 amide bonds. The lowest BCUT2D eigenvalue weighted by Gasteiger charge is -2.37. The number of carbonyl (C=O) groups is 1. The van der Waals surface area contributed by atoms with Crippen molar-refractivity contribution in [3.63, 3.8) is 0 Å². The average molecular weight is 380 g/mol. The molecule has 26 heavy (non-hydrogen) atoms. The smallest absolute Gasteiger partial charge is 0.258 e. The van der Waals surface area contributed by atoms with Crippen molar-refractivity contribution in [2.75, 3.05) is 46.4 Å². The summed E-state index contributed by atoms with van der Waals surface area (Å²) in [4.78, 5) is 17.9. The van der Waals surface area contributed by atoms with Gasteiger partial charge in [-0.3, -0.25) is 4.79 Å². The number of likely N-dealkylation sites (tertiary alicyclic amines) is 1. The van der Waals surface area contributed by atoms with E-state index >= 15 is 0 Å². The minimum atomic E-state index is 0.0232. The summed E-state index contributed by atoms with van der Waals surface area (Å²) in [5.74, 6) is 0.612. The molecule has 1 unspecified atom stereocenters. The highest BCUT2D eigenvalue weighted by Gasteiger charge is 2.28. The number of methoxy groups -OCH3 is 1. The number of nitrogens with one attached hydrogen (secondary N) is 1. The highest BCUT2D eigenvalue weighted by atomic mass is 35.5. The van der Waals surface area contributed by atoms with Gasteiger partial charge in [0.05, 0.1) is 12.7 Å². The number of halogens is 1. The molecule has 3 rings (SSSR count). The van der Waals surface area contributed by atoms with Crippen LogP contribution in [0.5, 0.6) is 5.75 Å². The fourth-order valence-electron chi connectivity index (χ4n) is 3.98. The number of ether oxygens (including phenoxy) is 1. The van der Waals surface area contributed by atoms with Crippen molar-refractivity contribution in [1.82, 2.24) is 15.1 Å². The Morgan fingerprint density at radius 1 is 1.31 bits per heavy atom. The van der Waals surface area contributed by atoms with Crippen molar-refractivity contribution >= 4 is 17.5 Å². The second-order valence-electron chi connectivity index (χ2n) is 7.25. The van der Waals surface area contributed by atoms with Crippen molar-refractivity contribution in [2.45, 2.75) is 38.1 Å². The molecule has 2 fully saturated rings. The predicted molar refractivity (Wildman–Crippen MR) is 105 cm³/mol. The van der Waals surface area contributed by atoms with Crippen molar-refractivity contribution in [1.29, 1.82) is 0 Å². The quantitative estimate of drug-likeness (QED) is 0.825. The number of rotatable bonds is 6. The van der Waals surface area contributed by atoms with Gasteiger partial charge in [0, 0.05) is 30.7 Å². The van der Waals surface area contributed by atoms with E-state index in [-0.39, 0.29) is 11.9 Å². The molecule has 0 spiro atoms. The SMILES string of the molecule is COc1ccc(Cl)cc1C(=O)N(CCN1CCCCC1)C1CCCNC1. The Hall–Kier alpha value is -1.30. The second kappa shape index (κ2) is 9.58. The first-order valence-electron chi connectivity index (χ1n) is 9.76. The summed E-state index contributed by atoms with van der Waals surface area (Å²) in [6.07, 6.45) is 6.00. The normalized spacial score (nSPS) is 21.4. The summed E-state index contributed by atoms with van der Waals surface area (Å²) in [5, 5.41) is 4.00. The lowest BCUT2D eigenvalue weighted by Crippen LogP contribution is -2.51. The van der Waals surface area contributed by atoms with E-state index in [1.807, 2.05) is 4.90 Å². The van der Waals surface area contributed by atoms with Crippen LogP contribution < -0.4 is 10.1 Å². The van der Waals surface area contributed by atoms with Crippen LogP contribution in [0, 0.1) is 0 Å². The summed E-state index contributed by atoms with van der Waals surface area (Å²) < 4.78 is 5.42. The van der Waals surface area contributed by atoms with Crippen LogP contribution in [0.3, 0.4) is 0 Å². The van der Waals surface area contributed by atoms with Crippen LogP contribution in [0.25, 0.3) is 0 Å². The predicted octanol–water partition coefficient (Wildman–Crippen LogP) is 3.03. The van der Waals surface area contributed by atoms with Gasteiger partial charge < -0.3 is 19.9 Å². The molecule has 0 bridgehead atoms. The third kappa shape index (κ3) is 4.90. The summed E-state index contributed by atoms with van der Waals surface area (Å²) in [5.41, 5.74) is 0.559. The molecule has 0 radical (unpaired) electrons. The Morgan fingerprint density at radius 3 is 2.81 bits per heavy atom. The Labute approximate surface area is 161 Å². The molecule has 2 aliphatic heterocycles. The monoisotopic (exact) mass is 379 g/mol. The van der Waals surface area contributed by atoms with E-state index < -0.39 is 0 Å². The largest absolute Gasteiger partial charge is 0.496 e.